The molecule has 10 heteroatoms. The first-order chi connectivity index (χ1) is 16.7. The average Bonchev–Trinajstić information content (AvgIpc) is 2.85. The van der Waals surface area contributed by atoms with Crippen molar-refractivity contribution in [3.63, 3.8) is 0 Å². The Kier molecular flexibility index (Phi) is 10.7. The molecule has 0 atom stereocenters. The first-order valence-corrected chi connectivity index (χ1v) is 11.6. The van der Waals surface area contributed by atoms with Crippen molar-refractivity contribution in [1.82, 2.24) is 4.90 Å². The molecule has 186 valence electrons. The Labute approximate surface area is 199 Å². The largest absolute Gasteiger partial charge is 0.382 e. The molecule has 1 aliphatic heterocycles. The second-order valence-corrected chi connectivity index (χ2v) is 7.60. The molecule has 2 aromatic carbocycles. The predicted octanol–water partition coefficient (Wildman–Crippen LogP) is 0.832. The topological polar surface area (TPSA) is 138 Å². The van der Waals surface area contributed by atoms with Gasteiger partial charge >= 0.3 is 0 Å². The number of ether oxygens (including phenoxy) is 4. The Hall–Kier alpha value is -2.60. The number of anilines is 1. The number of nitrogens with one attached hydrogen (secondary N) is 1. The number of nitrogens with two attached hydrogens (primary N) is 2. The third kappa shape index (κ3) is 6.72. The van der Waals surface area contributed by atoms with E-state index < -0.39 is 0 Å². The maximum Gasteiger partial charge on any atom is 0.261 e. The lowest BCUT2D eigenvalue weighted by Gasteiger charge is -2.27. The first-order valence-electron chi connectivity index (χ1n) is 11.6. The summed E-state index contributed by atoms with van der Waals surface area (Å²) in [5.41, 5.74) is 12.6. The summed E-state index contributed by atoms with van der Waals surface area (Å²) in [5.74, 6) is -0.631. The quantitative estimate of drug-likeness (QED) is 0.225. The van der Waals surface area contributed by atoms with E-state index in [1.807, 2.05) is 18.2 Å². The van der Waals surface area contributed by atoms with Crippen molar-refractivity contribution >= 4 is 28.3 Å². The highest BCUT2D eigenvalue weighted by Crippen LogP contribution is 2.34. The molecule has 2 aromatic rings. The third-order valence-electron chi connectivity index (χ3n) is 5.28. The van der Waals surface area contributed by atoms with Gasteiger partial charge in [0.05, 0.1) is 59.4 Å². The Bertz CT molecular complexity index is 932. The molecule has 0 aromatic heterocycles. The monoisotopic (exact) mass is 474 g/mol. The second-order valence-electron chi connectivity index (χ2n) is 7.60. The fourth-order valence-corrected chi connectivity index (χ4v) is 3.73. The number of carbonyl (C=O) groups excluding carboxylic acids is 2. The van der Waals surface area contributed by atoms with E-state index in [0.29, 0.717) is 82.4 Å². The standard InChI is InChI=1S/C24H34N4O6/c25-6-10-31-14-16-33-12-8-27-21-5-4-20-22-18(21)2-1-3-19(22)23(29)28(24(20)30)9-13-34-17-15-32-11-7-26/h1-5,27H,6-17,25-26H2. The van der Waals surface area contributed by atoms with Gasteiger partial charge in [-0.1, -0.05) is 12.1 Å². The summed E-state index contributed by atoms with van der Waals surface area (Å²) in [6.07, 6.45) is 0. The van der Waals surface area contributed by atoms with E-state index in [4.69, 9.17) is 30.4 Å². The Morgan fingerprint density at radius 2 is 1.29 bits per heavy atom. The third-order valence-corrected chi connectivity index (χ3v) is 5.28. The van der Waals surface area contributed by atoms with Gasteiger partial charge in [0.2, 0.25) is 0 Å². The number of hydrogen-bond donors (Lipinski definition) is 3. The van der Waals surface area contributed by atoms with Crippen LogP contribution < -0.4 is 16.8 Å². The van der Waals surface area contributed by atoms with E-state index in [2.05, 4.69) is 5.32 Å². The van der Waals surface area contributed by atoms with Crippen molar-refractivity contribution in [3.8, 4) is 0 Å². The molecule has 0 bridgehead atoms. The molecule has 0 saturated carbocycles. The van der Waals surface area contributed by atoms with Gasteiger partial charge < -0.3 is 35.7 Å². The van der Waals surface area contributed by atoms with Gasteiger partial charge in [0, 0.05) is 47.2 Å². The zero-order valence-corrected chi connectivity index (χ0v) is 19.4. The van der Waals surface area contributed by atoms with Crippen LogP contribution in [0.15, 0.2) is 30.3 Å². The van der Waals surface area contributed by atoms with Crippen LogP contribution in [-0.4, -0.2) is 95.7 Å². The minimum atomic E-state index is -0.316. The molecule has 10 nitrogen and oxygen atoms in total. The van der Waals surface area contributed by atoms with Crippen LogP contribution in [0, 0.1) is 0 Å². The fraction of sp³-hybridized carbons (Fsp3) is 0.500. The summed E-state index contributed by atoms with van der Waals surface area (Å²) < 4.78 is 21.6. The molecular formula is C24H34N4O6. The summed E-state index contributed by atoms with van der Waals surface area (Å²) >= 11 is 0. The van der Waals surface area contributed by atoms with Crippen molar-refractivity contribution in [1.29, 1.82) is 0 Å². The van der Waals surface area contributed by atoms with Crippen LogP contribution in [0.25, 0.3) is 10.8 Å². The summed E-state index contributed by atoms with van der Waals surface area (Å²) in [5, 5.41) is 4.84. The van der Waals surface area contributed by atoms with Gasteiger partial charge in [-0.05, 0) is 18.2 Å². The van der Waals surface area contributed by atoms with Crippen LogP contribution >= 0.6 is 0 Å². The molecule has 0 fully saturated rings. The number of amides is 2. The van der Waals surface area contributed by atoms with Crippen molar-refractivity contribution in [2.75, 3.05) is 84.4 Å². The maximum atomic E-state index is 13.1. The lowest BCUT2D eigenvalue weighted by atomic mass is 9.93. The number of imide groups is 1. The Morgan fingerprint density at radius 3 is 1.94 bits per heavy atom. The molecule has 1 aliphatic rings. The number of hydrogen-bond acceptors (Lipinski definition) is 9. The zero-order chi connectivity index (χ0) is 24.2. The average molecular weight is 475 g/mol. The van der Waals surface area contributed by atoms with Crippen molar-refractivity contribution in [2.24, 2.45) is 11.5 Å². The highest BCUT2D eigenvalue weighted by atomic mass is 16.5. The molecule has 0 saturated heterocycles. The van der Waals surface area contributed by atoms with Crippen LogP contribution in [0.5, 0.6) is 0 Å². The molecule has 5 N–H and O–H groups in total. The molecule has 1 heterocycles. The second kappa shape index (κ2) is 14.0. The van der Waals surface area contributed by atoms with E-state index in [-0.39, 0.29) is 25.0 Å². The molecule has 3 rings (SSSR count). The number of carbonyl (C=O) groups is 2. The minimum Gasteiger partial charge on any atom is -0.382 e. The van der Waals surface area contributed by atoms with E-state index in [9.17, 15) is 9.59 Å². The Morgan fingerprint density at radius 1 is 0.706 bits per heavy atom. The van der Waals surface area contributed by atoms with Gasteiger partial charge in [0.25, 0.3) is 11.8 Å². The molecule has 34 heavy (non-hydrogen) atoms. The number of nitrogens with zero attached hydrogens (tertiary/aromatic N) is 1. The fourth-order valence-electron chi connectivity index (χ4n) is 3.73. The smallest absolute Gasteiger partial charge is 0.261 e. The maximum absolute atomic E-state index is 13.1. The van der Waals surface area contributed by atoms with Gasteiger partial charge in [0.15, 0.2) is 0 Å². The normalized spacial score (nSPS) is 13.2. The van der Waals surface area contributed by atoms with Crippen LogP contribution in [-0.2, 0) is 18.9 Å². The number of rotatable bonds is 17. The van der Waals surface area contributed by atoms with Crippen molar-refractivity contribution in [3.05, 3.63) is 41.5 Å². The Balaban J connectivity index is 1.58. The lowest BCUT2D eigenvalue weighted by Crippen LogP contribution is -2.42. The summed E-state index contributed by atoms with van der Waals surface area (Å²) in [4.78, 5) is 27.4. The van der Waals surface area contributed by atoms with Gasteiger partial charge in [0.1, 0.15) is 0 Å². The van der Waals surface area contributed by atoms with Gasteiger partial charge in [-0.3, -0.25) is 14.5 Å². The molecule has 2 amide bonds. The lowest BCUT2D eigenvalue weighted by molar-refractivity contribution is 0.0353. The highest BCUT2D eigenvalue weighted by molar-refractivity contribution is 6.26. The molecular weight excluding hydrogens is 440 g/mol. The SMILES string of the molecule is NCCOCCOCCNc1ccc2c3c(cccc13)C(=O)N(CCOCCOCCN)C2=O. The van der Waals surface area contributed by atoms with E-state index >= 15 is 0 Å². The molecule has 0 spiro atoms. The first kappa shape index (κ1) is 26.0. The summed E-state index contributed by atoms with van der Waals surface area (Å²) in [7, 11) is 0. The zero-order valence-electron chi connectivity index (χ0n) is 19.4. The molecule has 0 aliphatic carbocycles. The van der Waals surface area contributed by atoms with E-state index in [1.165, 1.54) is 4.90 Å². The van der Waals surface area contributed by atoms with Crippen LogP contribution in [0.4, 0.5) is 5.69 Å². The van der Waals surface area contributed by atoms with E-state index in [0.717, 1.165) is 11.1 Å². The molecule has 0 radical (unpaired) electrons. The van der Waals surface area contributed by atoms with Crippen LogP contribution in [0.3, 0.4) is 0 Å². The van der Waals surface area contributed by atoms with Gasteiger partial charge in [-0.15, -0.1) is 0 Å². The predicted molar refractivity (Wildman–Crippen MR) is 129 cm³/mol. The highest BCUT2D eigenvalue weighted by Gasteiger charge is 2.33. The summed E-state index contributed by atoms with van der Waals surface area (Å²) in [6, 6.07) is 9.12. The molecule has 0 unspecified atom stereocenters. The van der Waals surface area contributed by atoms with Gasteiger partial charge in [-0.25, -0.2) is 0 Å². The van der Waals surface area contributed by atoms with E-state index in [1.54, 1.807) is 12.1 Å². The number of benzene rings is 2. The minimum absolute atomic E-state index is 0.177. The van der Waals surface area contributed by atoms with Crippen molar-refractivity contribution in [2.45, 2.75) is 0 Å². The van der Waals surface area contributed by atoms with Crippen molar-refractivity contribution < 1.29 is 28.5 Å². The van der Waals surface area contributed by atoms with Gasteiger partial charge in [-0.2, -0.15) is 0 Å². The summed E-state index contributed by atoms with van der Waals surface area (Å²) in [6.45, 7) is 5.24. The van der Waals surface area contributed by atoms with Crippen LogP contribution in [0.1, 0.15) is 20.7 Å². The van der Waals surface area contributed by atoms with Crippen LogP contribution in [0.2, 0.25) is 0 Å².